The number of nitrogens with zero attached hydrogens (tertiary/aromatic N) is 3. The summed E-state index contributed by atoms with van der Waals surface area (Å²) in [5, 5.41) is 0. The number of benzene rings is 1. The molecule has 2 aromatic rings. The lowest BCUT2D eigenvalue weighted by Gasteiger charge is -2.24. The second-order valence-corrected chi connectivity index (χ2v) is 7.09. The first-order chi connectivity index (χ1) is 13.2. The summed E-state index contributed by atoms with van der Waals surface area (Å²) in [5.41, 5.74) is 2.90. The molecule has 0 N–H and O–H groups in total. The van der Waals surface area contributed by atoms with E-state index in [1.165, 1.54) is 5.56 Å². The van der Waals surface area contributed by atoms with E-state index in [1.54, 1.807) is 0 Å². The van der Waals surface area contributed by atoms with Crippen LogP contribution < -0.4 is 9.47 Å². The molecule has 1 amide bonds. The van der Waals surface area contributed by atoms with Gasteiger partial charge in [-0.3, -0.25) is 14.7 Å². The van der Waals surface area contributed by atoms with Crippen LogP contribution in [0.2, 0.25) is 0 Å². The van der Waals surface area contributed by atoms with Crippen molar-refractivity contribution in [3.63, 3.8) is 0 Å². The minimum atomic E-state index is 0.0789. The minimum absolute atomic E-state index is 0.0789. The van der Waals surface area contributed by atoms with Crippen molar-refractivity contribution < 1.29 is 14.3 Å². The van der Waals surface area contributed by atoms with Crippen molar-refractivity contribution >= 4 is 5.91 Å². The Hall–Kier alpha value is -2.60. The van der Waals surface area contributed by atoms with Crippen LogP contribution in [0.1, 0.15) is 27.9 Å². The standard InChI is InChI=1S/C21H25N3O3/c1-16-13-19-20(27-12-11-26-19)14-18(16)21(25)24-8-2-7-23(9-10-24)15-17-3-5-22-6-4-17/h3-6,13-14H,2,7-12,15H2,1H3. The fraction of sp³-hybridized carbons (Fsp3) is 0.429. The van der Waals surface area contributed by atoms with E-state index in [1.807, 2.05) is 48.5 Å². The van der Waals surface area contributed by atoms with Gasteiger partial charge in [0.15, 0.2) is 11.5 Å². The van der Waals surface area contributed by atoms with Crippen LogP contribution in [0.4, 0.5) is 0 Å². The van der Waals surface area contributed by atoms with Gasteiger partial charge in [0.2, 0.25) is 0 Å². The fourth-order valence-corrected chi connectivity index (χ4v) is 3.67. The summed E-state index contributed by atoms with van der Waals surface area (Å²) in [4.78, 5) is 21.6. The van der Waals surface area contributed by atoms with Crippen LogP contribution in [0.25, 0.3) is 0 Å². The molecular formula is C21H25N3O3. The Balaban J connectivity index is 1.44. The molecular weight excluding hydrogens is 342 g/mol. The molecule has 2 aliphatic rings. The summed E-state index contributed by atoms with van der Waals surface area (Å²) in [6.07, 6.45) is 4.63. The number of carbonyl (C=O) groups is 1. The highest BCUT2D eigenvalue weighted by Gasteiger charge is 2.24. The number of aromatic nitrogens is 1. The molecule has 2 aliphatic heterocycles. The van der Waals surface area contributed by atoms with Gasteiger partial charge in [-0.05, 0) is 48.7 Å². The molecule has 3 heterocycles. The van der Waals surface area contributed by atoms with E-state index >= 15 is 0 Å². The van der Waals surface area contributed by atoms with Gasteiger partial charge in [-0.1, -0.05) is 0 Å². The highest BCUT2D eigenvalue weighted by molar-refractivity contribution is 5.96. The van der Waals surface area contributed by atoms with Crippen molar-refractivity contribution in [2.75, 3.05) is 39.4 Å². The molecule has 0 spiro atoms. The third-order valence-electron chi connectivity index (χ3n) is 5.15. The van der Waals surface area contributed by atoms with Crippen molar-refractivity contribution in [2.24, 2.45) is 0 Å². The summed E-state index contributed by atoms with van der Waals surface area (Å²) in [6.45, 7) is 7.31. The quantitative estimate of drug-likeness (QED) is 0.834. The molecule has 0 atom stereocenters. The number of amides is 1. The van der Waals surface area contributed by atoms with Crippen LogP contribution in [0.5, 0.6) is 11.5 Å². The van der Waals surface area contributed by atoms with Gasteiger partial charge in [0, 0.05) is 50.7 Å². The molecule has 1 aromatic carbocycles. The maximum absolute atomic E-state index is 13.1. The lowest BCUT2D eigenvalue weighted by atomic mass is 10.1. The minimum Gasteiger partial charge on any atom is -0.486 e. The molecule has 1 aromatic heterocycles. The average Bonchev–Trinajstić information content (AvgIpc) is 2.93. The topological polar surface area (TPSA) is 54.9 Å². The zero-order chi connectivity index (χ0) is 18.6. The van der Waals surface area contributed by atoms with Gasteiger partial charge in [-0.2, -0.15) is 0 Å². The zero-order valence-corrected chi connectivity index (χ0v) is 15.7. The van der Waals surface area contributed by atoms with Crippen LogP contribution in [0.3, 0.4) is 0 Å². The number of ether oxygens (including phenoxy) is 2. The molecule has 4 rings (SSSR count). The number of hydrogen-bond acceptors (Lipinski definition) is 5. The van der Waals surface area contributed by atoms with Gasteiger partial charge >= 0.3 is 0 Å². The third kappa shape index (κ3) is 4.06. The predicted octanol–water partition coefficient (Wildman–Crippen LogP) is 2.51. The third-order valence-corrected chi connectivity index (χ3v) is 5.15. The van der Waals surface area contributed by atoms with Gasteiger partial charge in [-0.25, -0.2) is 0 Å². The molecule has 0 saturated carbocycles. The second kappa shape index (κ2) is 7.96. The Kier molecular flexibility index (Phi) is 5.25. The van der Waals surface area contributed by atoms with Crippen molar-refractivity contribution in [1.29, 1.82) is 0 Å². The smallest absolute Gasteiger partial charge is 0.254 e. The van der Waals surface area contributed by atoms with E-state index in [-0.39, 0.29) is 5.91 Å². The van der Waals surface area contributed by atoms with Crippen LogP contribution in [-0.2, 0) is 6.54 Å². The fourth-order valence-electron chi connectivity index (χ4n) is 3.67. The maximum Gasteiger partial charge on any atom is 0.254 e. The van der Waals surface area contributed by atoms with E-state index in [0.29, 0.717) is 24.5 Å². The number of pyridine rings is 1. The summed E-state index contributed by atoms with van der Waals surface area (Å²) in [5.74, 6) is 1.48. The first-order valence-electron chi connectivity index (χ1n) is 9.51. The van der Waals surface area contributed by atoms with Crippen molar-refractivity contribution in [3.05, 3.63) is 53.3 Å². The Morgan fingerprint density at radius 3 is 2.56 bits per heavy atom. The van der Waals surface area contributed by atoms with E-state index in [0.717, 1.165) is 50.5 Å². The normalized spacial score (nSPS) is 17.4. The van der Waals surface area contributed by atoms with Gasteiger partial charge in [0.1, 0.15) is 13.2 Å². The molecule has 142 valence electrons. The van der Waals surface area contributed by atoms with Gasteiger partial charge in [0.05, 0.1) is 0 Å². The number of hydrogen-bond donors (Lipinski definition) is 0. The number of aryl methyl sites for hydroxylation is 1. The highest BCUT2D eigenvalue weighted by atomic mass is 16.6. The van der Waals surface area contributed by atoms with Crippen molar-refractivity contribution in [3.8, 4) is 11.5 Å². The Morgan fingerprint density at radius 1 is 1.04 bits per heavy atom. The Bertz CT molecular complexity index is 810. The lowest BCUT2D eigenvalue weighted by Crippen LogP contribution is -2.35. The molecule has 6 heteroatoms. The monoisotopic (exact) mass is 367 g/mol. The van der Waals surface area contributed by atoms with Gasteiger partial charge < -0.3 is 14.4 Å². The lowest BCUT2D eigenvalue weighted by molar-refractivity contribution is 0.0759. The summed E-state index contributed by atoms with van der Waals surface area (Å²) >= 11 is 0. The molecule has 0 bridgehead atoms. The summed E-state index contributed by atoms with van der Waals surface area (Å²) in [7, 11) is 0. The van der Waals surface area contributed by atoms with Gasteiger partial charge in [-0.15, -0.1) is 0 Å². The first kappa shape index (κ1) is 17.8. The van der Waals surface area contributed by atoms with Crippen LogP contribution in [0.15, 0.2) is 36.7 Å². The van der Waals surface area contributed by atoms with Gasteiger partial charge in [0.25, 0.3) is 5.91 Å². The van der Waals surface area contributed by atoms with Crippen molar-refractivity contribution in [2.45, 2.75) is 19.9 Å². The number of fused-ring (bicyclic) bond motifs is 1. The molecule has 0 aliphatic carbocycles. The van der Waals surface area contributed by atoms with Crippen LogP contribution in [0, 0.1) is 6.92 Å². The highest BCUT2D eigenvalue weighted by Crippen LogP contribution is 2.33. The largest absolute Gasteiger partial charge is 0.486 e. The van der Waals surface area contributed by atoms with E-state index in [2.05, 4.69) is 9.88 Å². The summed E-state index contributed by atoms with van der Waals surface area (Å²) < 4.78 is 11.3. The Labute approximate surface area is 159 Å². The summed E-state index contributed by atoms with van der Waals surface area (Å²) in [6, 6.07) is 7.85. The van der Waals surface area contributed by atoms with Crippen LogP contribution in [-0.4, -0.2) is 60.1 Å². The van der Waals surface area contributed by atoms with E-state index in [9.17, 15) is 4.79 Å². The van der Waals surface area contributed by atoms with E-state index < -0.39 is 0 Å². The predicted molar refractivity (Wildman–Crippen MR) is 102 cm³/mol. The molecule has 6 nitrogen and oxygen atoms in total. The molecule has 0 radical (unpaired) electrons. The molecule has 1 saturated heterocycles. The molecule has 27 heavy (non-hydrogen) atoms. The molecule has 0 unspecified atom stereocenters. The maximum atomic E-state index is 13.1. The van der Waals surface area contributed by atoms with Crippen molar-refractivity contribution in [1.82, 2.24) is 14.8 Å². The number of carbonyl (C=O) groups excluding carboxylic acids is 1. The SMILES string of the molecule is Cc1cc2c(cc1C(=O)N1CCCN(Cc3ccncc3)CC1)OCCO2. The van der Waals surface area contributed by atoms with E-state index in [4.69, 9.17) is 9.47 Å². The average molecular weight is 367 g/mol. The first-order valence-corrected chi connectivity index (χ1v) is 9.51. The number of rotatable bonds is 3. The zero-order valence-electron chi connectivity index (χ0n) is 15.7. The van der Waals surface area contributed by atoms with Crippen LogP contribution >= 0.6 is 0 Å². The second-order valence-electron chi connectivity index (χ2n) is 7.09. The molecule has 1 fully saturated rings. The Morgan fingerprint density at radius 2 is 1.78 bits per heavy atom.